The molecule has 0 radical (unpaired) electrons. The molecule has 14 heavy (non-hydrogen) atoms. The lowest BCUT2D eigenvalue weighted by Gasteiger charge is -2.08. The maximum Gasteiger partial charge on any atom is 0.0838 e. The molecule has 0 spiro atoms. The Labute approximate surface area is 87.7 Å². The zero-order chi connectivity index (χ0) is 9.80. The van der Waals surface area contributed by atoms with Gasteiger partial charge in [-0.3, -0.25) is 0 Å². The van der Waals surface area contributed by atoms with E-state index in [0.717, 1.165) is 5.56 Å². The summed E-state index contributed by atoms with van der Waals surface area (Å²) in [6, 6.07) is 13.8. The van der Waals surface area contributed by atoms with Crippen LogP contribution in [0.15, 0.2) is 47.8 Å². The molecule has 0 saturated carbocycles. The molecule has 0 aliphatic heterocycles. The van der Waals surface area contributed by atoms with Crippen LogP contribution in [0.25, 0.3) is 0 Å². The molecule has 2 rings (SSSR count). The average Bonchev–Trinajstić information content (AvgIpc) is 2.72. The van der Waals surface area contributed by atoms with Gasteiger partial charge < -0.3 is 5.11 Å². The number of thiophene rings is 1. The van der Waals surface area contributed by atoms with Crippen molar-refractivity contribution in [3.8, 4) is 0 Å². The van der Waals surface area contributed by atoms with E-state index in [0.29, 0.717) is 6.42 Å². The molecule has 0 fully saturated rings. The number of aliphatic hydroxyl groups is 1. The molecule has 1 heterocycles. The second kappa shape index (κ2) is 4.40. The normalized spacial score (nSPS) is 12.6. The summed E-state index contributed by atoms with van der Waals surface area (Å²) in [5.74, 6) is 0. The van der Waals surface area contributed by atoms with E-state index in [4.69, 9.17) is 0 Å². The first-order valence-electron chi connectivity index (χ1n) is 4.61. The zero-order valence-electron chi connectivity index (χ0n) is 7.76. The van der Waals surface area contributed by atoms with Crippen molar-refractivity contribution in [2.45, 2.75) is 12.5 Å². The van der Waals surface area contributed by atoms with Gasteiger partial charge in [0.1, 0.15) is 0 Å². The Morgan fingerprint density at radius 1 is 1.07 bits per heavy atom. The average molecular weight is 204 g/mol. The second-order valence-corrected chi connectivity index (χ2v) is 4.24. The molecule has 2 aromatic rings. The minimum absolute atomic E-state index is 0.380. The van der Waals surface area contributed by atoms with E-state index in [1.165, 1.54) is 4.88 Å². The molecule has 0 amide bonds. The minimum atomic E-state index is -0.380. The molecule has 1 aromatic heterocycles. The predicted molar refractivity (Wildman–Crippen MR) is 59.4 cm³/mol. The van der Waals surface area contributed by atoms with Crippen LogP contribution in [0.1, 0.15) is 16.5 Å². The summed E-state index contributed by atoms with van der Waals surface area (Å²) in [5, 5.41) is 11.9. The number of benzene rings is 1. The number of rotatable bonds is 3. The van der Waals surface area contributed by atoms with Gasteiger partial charge in [-0.1, -0.05) is 36.4 Å². The van der Waals surface area contributed by atoms with Crippen molar-refractivity contribution in [2.24, 2.45) is 0 Å². The van der Waals surface area contributed by atoms with E-state index in [1.54, 1.807) is 11.3 Å². The third-order valence-corrected chi connectivity index (χ3v) is 3.06. The fourth-order valence-electron chi connectivity index (χ4n) is 1.41. The molecule has 1 nitrogen and oxygen atoms in total. The van der Waals surface area contributed by atoms with Gasteiger partial charge in [0.15, 0.2) is 0 Å². The first-order valence-corrected chi connectivity index (χ1v) is 5.49. The second-order valence-electron chi connectivity index (χ2n) is 3.21. The van der Waals surface area contributed by atoms with Crippen molar-refractivity contribution in [3.05, 3.63) is 58.3 Å². The molecule has 1 N–H and O–H groups in total. The molecular formula is C12H12OS. The molecule has 72 valence electrons. The highest BCUT2D eigenvalue weighted by atomic mass is 32.1. The Bertz CT molecular complexity index is 366. The van der Waals surface area contributed by atoms with E-state index >= 15 is 0 Å². The van der Waals surface area contributed by atoms with Crippen LogP contribution in [0.3, 0.4) is 0 Å². The molecule has 0 saturated heterocycles. The Morgan fingerprint density at radius 3 is 2.50 bits per heavy atom. The Hall–Kier alpha value is -1.12. The smallest absolute Gasteiger partial charge is 0.0838 e. The van der Waals surface area contributed by atoms with Gasteiger partial charge in [0.25, 0.3) is 0 Å². The largest absolute Gasteiger partial charge is 0.388 e. The fraction of sp³-hybridized carbons (Fsp3) is 0.167. The highest BCUT2D eigenvalue weighted by molar-refractivity contribution is 7.09. The Balaban J connectivity index is 2.07. The van der Waals surface area contributed by atoms with Crippen molar-refractivity contribution in [1.82, 2.24) is 0 Å². The molecular weight excluding hydrogens is 192 g/mol. The minimum Gasteiger partial charge on any atom is -0.388 e. The first-order chi connectivity index (χ1) is 6.86. The van der Waals surface area contributed by atoms with Gasteiger partial charge in [-0.05, 0) is 17.0 Å². The molecule has 0 aliphatic carbocycles. The fourth-order valence-corrected chi connectivity index (χ4v) is 2.16. The van der Waals surface area contributed by atoms with Crippen molar-refractivity contribution < 1.29 is 5.11 Å². The molecule has 1 unspecified atom stereocenters. The van der Waals surface area contributed by atoms with Crippen molar-refractivity contribution >= 4 is 11.3 Å². The number of hydrogen-bond acceptors (Lipinski definition) is 2. The highest BCUT2D eigenvalue weighted by Crippen LogP contribution is 2.20. The standard InChI is InChI=1S/C12H12OS/c13-12(9-11-7-4-8-14-11)10-5-2-1-3-6-10/h1-8,12-13H,9H2. The summed E-state index contributed by atoms with van der Waals surface area (Å²) in [5.41, 5.74) is 0.987. The summed E-state index contributed by atoms with van der Waals surface area (Å²) in [6.45, 7) is 0. The predicted octanol–water partition coefficient (Wildman–Crippen LogP) is 3.02. The SMILES string of the molecule is OC(Cc1cccs1)c1ccccc1. The van der Waals surface area contributed by atoms with Gasteiger partial charge in [0, 0.05) is 11.3 Å². The summed E-state index contributed by atoms with van der Waals surface area (Å²) >= 11 is 1.69. The van der Waals surface area contributed by atoms with E-state index in [9.17, 15) is 5.11 Å². The summed E-state index contributed by atoms with van der Waals surface area (Å²) in [6.07, 6.45) is 0.330. The van der Waals surface area contributed by atoms with E-state index in [1.807, 2.05) is 41.8 Å². The molecule has 2 heteroatoms. The zero-order valence-corrected chi connectivity index (χ0v) is 8.58. The van der Waals surface area contributed by atoms with Crippen LogP contribution < -0.4 is 0 Å². The van der Waals surface area contributed by atoms with Crippen LogP contribution in [0.5, 0.6) is 0 Å². The van der Waals surface area contributed by atoms with E-state index < -0.39 is 0 Å². The van der Waals surface area contributed by atoms with Gasteiger partial charge in [0.05, 0.1) is 6.10 Å². The van der Waals surface area contributed by atoms with Gasteiger partial charge in [0.2, 0.25) is 0 Å². The first kappa shape index (κ1) is 9.44. The van der Waals surface area contributed by atoms with E-state index in [2.05, 4.69) is 6.07 Å². The van der Waals surface area contributed by atoms with Gasteiger partial charge in [-0.25, -0.2) is 0 Å². The van der Waals surface area contributed by atoms with Gasteiger partial charge in [-0.2, -0.15) is 0 Å². The van der Waals surface area contributed by atoms with Gasteiger partial charge in [-0.15, -0.1) is 11.3 Å². The topological polar surface area (TPSA) is 20.2 Å². The Morgan fingerprint density at radius 2 is 1.86 bits per heavy atom. The van der Waals surface area contributed by atoms with Crippen LogP contribution >= 0.6 is 11.3 Å². The van der Waals surface area contributed by atoms with Crippen molar-refractivity contribution in [3.63, 3.8) is 0 Å². The van der Waals surface area contributed by atoms with E-state index in [-0.39, 0.29) is 6.10 Å². The lowest BCUT2D eigenvalue weighted by molar-refractivity contribution is 0.179. The number of aliphatic hydroxyl groups excluding tert-OH is 1. The molecule has 1 atom stereocenters. The summed E-state index contributed by atoms with van der Waals surface area (Å²) < 4.78 is 0. The van der Waals surface area contributed by atoms with Crippen LogP contribution in [0.2, 0.25) is 0 Å². The van der Waals surface area contributed by atoms with Gasteiger partial charge >= 0.3 is 0 Å². The third kappa shape index (κ3) is 2.22. The maximum atomic E-state index is 9.90. The third-order valence-electron chi connectivity index (χ3n) is 2.16. The van der Waals surface area contributed by atoms with Crippen molar-refractivity contribution in [1.29, 1.82) is 0 Å². The Kier molecular flexibility index (Phi) is 2.96. The number of hydrogen-bond donors (Lipinski definition) is 1. The molecule has 1 aromatic carbocycles. The highest BCUT2D eigenvalue weighted by Gasteiger charge is 2.07. The van der Waals surface area contributed by atoms with Crippen LogP contribution in [-0.4, -0.2) is 5.11 Å². The molecule has 0 aliphatic rings. The van der Waals surface area contributed by atoms with Crippen LogP contribution in [-0.2, 0) is 6.42 Å². The summed E-state index contributed by atoms with van der Waals surface area (Å²) in [7, 11) is 0. The quantitative estimate of drug-likeness (QED) is 0.814. The van der Waals surface area contributed by atoms with Crippen LogP contribution in [0, 0.1) is 0 Å². The molecule has 0 bridgehead atoms. The van der Waals surface area contributed by atoms with Crippen LogP contribution in [0.4, 0.5) is 0 Å². The van der Waals surface area contributed by atoms with Crippen molar-refractivity contribution in [2.75, 3.05) is 0 Å². The maximum absolute atomic E-state index is 9.90. The summed E-state index contributed by atoms with van der Waals surface area (Å²) in [4.78, 5) is 1.22. The lowest BCUT2D eigenvalue weighted by atomic mass is 10.1. The monoisotopic (exact) mass is 204 g/mol. The lowest BCUT2D eigenvalue weighted by Crippen LogP contribution is -1.99.